The molecule has 28 heavy (non-hydrogen) atoms. The molecule has 2 rings (SSSR count). The van der Waals surface area contributed by atoms with Crippen LogP contribution >= 0.6 is 0 Å². The molecule has 0 saturated heterocycles. The molecule has 1 heterocycles. The Kier molecular flexibility index (Phi) is 9.28. The third kappa shape index (κ3) is 7.19. The molecule has 0 saturated carbocycles. The van der Waals surface area contributed by atoms with Crippen LogP contribution in [0.25, 0.3) is 0 Å². The molecule has 0 radical (unpaired) electrons. The first-order chi connectivity index (χ1) is 13.6. The van der Waals surface area contributed by atoms with Crippen LogP contribution in [0.15, 0.2) is 53.1 Å². The highest BCUT2D eigenvalue weighted by Gasteiger charge is 2.21. The van der Waals surface area contributed by atoms with Gasteiger partial charge in [0.05, 0.1) is 26.0 Å². The Balaban J connectivity index is 2.05. The highest BCUT2D eigenvalue weighted by atomic mass is 16.5. The number of amides is 2. The number of nitrogens with zero attached hydrogens (tertiary/aromatic N) is 2. The van der Waals surface area contributed by atoms with Gasteiger partial charge in [-0.1, -0.05) is 37.3 Å². The minimum atomic E-state index is -0.0899. The Morgan fingerprint density at radius 3 is 2.43 bits per heavy atom. The summed E-state index contributed by atoms with van der Waals surface area (Å²) in [6.45, 7) is 3.77. The average molecular weight is 386 g/mol. The van der Waals surface area contributed by atoms with Gasteiger partial charge < -0.3 is 19.0 Å². The molecular weight excluding hydrogens is 356 g/mol. The van der Waals surface area contributed by atoms with Crippen LogP contribution in [-0.4, -0.2) is 55.0 Å². The normalized spacial score (nSPS) is 10.6. The number of benzene rings is 1. The lowest BCUT2D eigenvalue weighted by Gasteiger charge is -2.27. The van der Waals surface area contributed by atoms with Crippen molar-refractivity contribution in [3.8, 4) is 0 Å². The number of rotatable bonds is 12. The van der Waals surface area contributed by atoms with Gasteiger partial charge in [-0.05, 0) is 30.5 Å². The van der Waals surface area contributed by atoms with Gasteiger partial charge in [-0.2, -0.15) is 0 Å². The molecule has 6 nitrogen and oxygen atoms in total. The van der Waals surface area contributed by atoms with Crippen molar-refractivity contribution in [2.75, 3.05) is 33.4 Å². The lowest BCUT2D eigenvalue weighted by atomic mass is 10.1. The van der Waals surface area contributed by atoms with Crippen molar-refractivity contribution in [3.05, 3.63) is 60.1 Å². The molecule has 0 aliphatic rings. The van der Waals surface area contributed by atoms with Crippen molar-refractivity contribution < 1.29 is 18.7 Å². The predicted octanol–water partition coefficient (Wildman–Crippen LogP) is 3.13. The zero-order valence-electron chi connectivity index (χ0n) is 16.8. The fraction of sp³-hybridized carbons (Fsp3) is 0.455. The van der Waals surface area contributed by atoms with Crippen molar-refractivity contribution >= 4 is 11.8 Å². The number of hydrogen-bond acceptors (Lipinski definition) is 4. The average Bonchev–Trinajstić information content (AvgIpc) is 3.22. The Bertz CT molecular complexity index is 701. The third-order valence-corrected chi connectivity index (χ3v) is 4.50. The molecule has 0 aliphatic carbocycles. The Morgan fingerprint density at radius 1 is 1.00 bits per heavy atom. The molecule has 0 aliphatic heterocycles. The smallest absolute Gasteiger partial charge is 0.242 e. The molecule has 0 unspecified atom stereocenters. The van der Waals surface area contributed by atoms with Gasteiger partial charge in [-0.3, -0.25) is 9.59 Å². The van der Waals surface area contributed by atoms with E-state index in [1.807, 2.05) is 49.4 Å². The molecule has 152 valence electrons. The molecule has 6 heteroatoms. The van der Waals surface area contributed by atoms with E-state index in [0.717, 1.165) is 24.2 Å². The zero-order chi connectivity index (χ0) is 20.2. The maximum absolute atomic E-state index is 13.0. The summed E-state index contributed by atoms with van der Waals surface area (Å²) >= 11 is 0. The van der Waals surface area contributed by atoms with Crippen molar-refractivity contribution in [1.29, 1.82) is 0 Å². The summed E-state index contributed by atoms with van der Waals surface area (Å²) < 4.78 is 10.5. The molecule has 0 spiro atoms. The van der Waals surface area contributed by atoms with Crippen LogP contribution in [0.2, 0.25) is 0 Å². The summed E-state index contributed by atoms with van der Waals surface area (Å²) in [5, 5.41) is 0. The molecule has 0 atom stereocenters. The molecule has 2 aromatic rings. The Labute approximate surface area is 167 Å². The molecule has 0 N–H and O–H groups in total. The molecule has 1 aromatic carbocycles. The maximum atomic E-state index is 13.0. The van der Waals surface area contributed by atoms with Crippen molar-refractivity contribution in [3.63, 3.8) is 0 Å². The molecule has 0 fully saturated rings. The van der Waals surface area contributed by atoms with Crippen LogP contribution in [0, 0.1) is 0 Å². The Morgan fingerprint density at radius 2 is 1.79 bits per heavy atom. The number of ether oxygens (including phenoxy) is 1. The van der Waals surface area contributed by atoms with Gasteiger partial charge in [0.15, 0.2) is 0 Å². The fourth-order valence-electron chi connectivity index (χ4n) is 2.92. The van der Waals surface area contributed by atoms with Crippen LogP contribution < -0.4 is 0 Å². The van der Waals surface area contributed by atoms with Gasteiger partial charge >= 0.3 is 0 Å². The van der Waals surface area contributed by atoms with Gasteiger partial charge in [0, 0.05) is 26.6 Å². The fourth-order valence-corrected chi connectivity index (χ4v) is 2.92. The first-order valence-electron chi connectivity index (χ1n) is 9.74. The van der Waals surface area contributed by atoms with Crippen molar-refractivity contribution in [2.24, 2.45) is 0 Å². The highest BCUT2D eigenvalue weighted by molar-refractivity contribution is 5.84. The van der Waals surface area contributed by atoms with Crippen molar-refractivity contribution in [1.82, 2.24) is 9.80 Å². The maximum Gasteiger partial charge on any atom is 0.242 e. The summed E-state index contributed by atoms with van der Waals surface area (Å²) in [4.78, 5) is 28.8. The number of carbonyl (C=O) groups excluding carboxylic acids is 2. The summed E-state index contributed by atoms with van der Waals surface area (Å²) in [5.74, 6) is 0.617. The number of carbonyl (C=O) groups is 2. The van der Waals surface area contributed by atoms with Crippen LogP contribution in [-0.2, 0) is 27.3 Å². The molecule has 1 aromatic heterocycles. The van der Waals surface area contributed by atoms with E-state index in [-0.39, 0.29) is 18.4 Å². The minimum absolute atomic E-state index is 0.0195. The topological polar surface area (TPSA) is 63.0 Å². The van der Waals surface area contributed by atoms with Crippen LogP contribution in [0.4, 0.5) is 0 Å². The number of furan rings is 1. The lowest BCUT2D eigenvalue weighted by Crippen LogP contribution is -2.44. The monoisotopic (exact) mass is 386 g/mol. The molecule has 2 amide bonds. The van der Waals surface area contributed by atoms with E-state index in [4.69, 9.17) is 9.15 Å². The van der Waals surface area contributed by atoms with Crippen LogP contribution in [0.5, 0.6) is 0 Å². The third-order valence-electron chi connectivity index (χ3n) is 4.50. The van der Waals surface area contributed by atoms with Gasteiger partial charge in [-0.15, -0.1) is 0 Å². The van der Waals surface area contributed by atoms with Crippen LogP contribution in [0.3, 0.4) is 0 Å². The summed E-state index contributed by atoms with van der Waals surface area (Å²) in [6.07, 6.45) is 3.53. The highest BCUT2D eigenvalue weighted by Crippen LogP contribution is 2.10. The van der Waals surface area contributed by atoms with E-state index >= 15 is 0 Å². The van der Waals surface area contributed by atoms with Gasteiger partial charge in [0.1, 0.15) is 5.76 Å². The summed E-state index contributed by atoms with van der Waals surface area (Å²) in [7, 11) is 1.59. The first-order valence-corrected chi connectivity index (χ1v) is 9.74. The van der Waals surface area contributed by atoms with E-state index in [9.17, 15) is 9.59 Å². The summed E-state index contributed by atoms with van der Waals surface area (Å²) in [6, 6.07) is 13.7. The van der Waals surface area contributed by atoms with Crippen LogP contribution in [0.1, 0.15) is 31.1 Å². The SMILES string of the molecule is CCCC(=O)N(CCOC)CC(=O)N(CCc1ccccc1)Cc1ccco1. The van der Waals surface area contributed by atoms with Gasteiger partial charge in [0.2, 0.25) is 11.8 Å². The van der Waals surface area contributed by atoms with E-state index < -0.39 is 0 Å². The summed E-state index contributed by atoms with van der Waals surface area (Å²) in [5.41, 5.74) is 1.16. The standard InChI is InChI=1S/C22H30N2O4/c1-3-8-21(25)24(14-16-27-2)18-22(26)23(17-20-11-7-15-28-20)13-12-19-9-5-4-6-10-19/h4-7,9-11,15H,3,8,12-14,16-18H2,1-2H3. The first kappa shape index (κ1) is 21.7. The second-order valence-corrected chi connectivity index (χ2v) is 6.69. The Hall–Kier alpha value is -2.60. The van der Waals surface area contributed by atoms with E-state index in [2.05, 4.69) is 0 Å². The molecular formula is C22H30N2O4. The lowest BCUT2D eigenvalue weighted by molar-refractivity contribution is -0.141. The van der Waals surface area contributed by atoms with Crippen molar-refractivity contribution in [2.45, 2.75) is 32.7 Å². The largest absolute Gasteiger partial charge is 0.467 e. The van der Waals surface area contributed by atoms with E-state index in [0.29, 0.717) is 32.7 Å². The van der Waals surface area contributed by atoms with Gasteiger partial charge in [0.25, 0.3) is 0 Å². The quantitative estimate of drug-likeness (QED) is 0.562. The number of hydrogen-bond donors (Lipinski definition) is 0. The van der Waals surface area contributed by atoms with E-state index in [1.54, 1.807) is 23.2 Å². The minimum Gasteiger partial charge on any atom is -0.467 e. The predicted molar refractivity (Wildman–Crippen MR) is 108 cm³/mol. The second kappa shape index (κ2) is 12.0. The molecule has 0 bridgehead atoms. The second-order valence-electron chi connectivity index (χ2n) is 6.69. The van der Waals surface area contributed by atoms with E-state index in [1.165, 1.54) is 0 Å². The zero-order valence-corrected chi connectivity index (χ0v) is 16.8. The van der Waals surface area contributed by atoms with Gasteiger partial charge in [-0.25, -0.2) is 0 Å². The number of methoxy groups -OCH3 is 1.